The highest BCUT2D eigenvalue weighted by Crippen LogP contribution is 2.23. The van der Waals surface area contributed by atoms with E-state index in [1.807, 2.05) is 38.4 Å². The van der Waals surface area contributed by atoms with Crippen LogP contribution in [0, 0.1) is 5.41 Å². The van der Waals surface area contributed by atoms with Crippen molar-refractivity contribution in [2.75, 3.05) is 24.7 Å². The normalized spacial score (nSPS) is 11.9. The van der Waals surface area contributed by atoms with Crippen LogP contribution in [0.5, 0.6) is 0 Å². The van der Waals surface area contributed by atoms with Crippen molar-refractivity contribution in [3.63, 3.8) is 0 Å². The molecule has 0 aliphatic carbocycles. The van der Waals surface area contributed by atoms with Crippen molar-refractivity contribution in [1.29, 1.82) is 5.41 Å². The summed E-state index contributed by atoms with van der Waals surface area (Å²) >= 11 is 0. The Kier molecular flexibility index (Phi) is 4.48. The van der Waals surface area contributed by atoms with E-state index in [4.69, 9.17) is 16.9 Å². The summed E-state index contributed by atoms with van der Waals surface area (Å²) in [6, 6.07) is 15.9. The first kappa shape index (κ1) is 14.9. The molecule has 110 valence electrons. The van der Waals surface area contributed by atoms with E-state index in [0.29, 0.717) is 6.42 Å². The largest absolute Gasteiger partial charge is 0.399 e. The van der Waals surface area contributed by atoms with Crippen LogP contribution in [-0.4, -0.2) is 19.9 Å². The van der Waals surface area contributed by atoms with Gasteiger partial charge in [0.2, 0.25) is 0 Å². The van der Waals surface area contributed by atoms with Crippen molar-refractivity contribution < 1.29 is 0 Å². The minimum Gasteiger partial charge on any atom is -0.399 e. The predicted octanol–water partition coefficient (Wildman–Crippen LogP) is 2.60. The van der Waals surface area contributed by atoms with Crippen LogP contribution >= 0.6 is 0 Å². The van der Waals surface area contributed by atoms with Crippen molar-refractivity contribution in [2.24, 2.45) is 5.73 Å². The van der Waals surface area contributed by atoms with Gasteiger partial charge in [0.1, 0.15) is 0 Å². The number of anilines is 2. The first-order valence-corrected chi connectivity index (χ1v) is 6.93. The number of nitrogens with two attached hydrogens (primary N) is 2. The van der Waals surface area contributed by atoms with E-state index in [2.05, 4.69) is 29.2 Å². The van der Waals surface area contributed by atoms with Crippen LogP contribution < -0.4 is 16.4 Å². The van der Waals surface area contributed by atoms with Gasteiger partial charge in [0, 0.05) is 31.4 Å². The molecular formula is C17H22N4. The average molecular weight is 282 g/mol. The number of nitrogen functional groups attached to an aromatic ring is 1. The lowest BCUT2D eigenvalue weighted by Crippen LogP contribution is -2.22. The molecule has 0 aliphatic heterocycles. The van der Waals surface area contributed by atoms with Crippen LogP contribution in [0.3, 0.4) is 0 Å². The minimum absolute atomic E-state index is 0.115. The standard InChI is InChI=1S/C17H22N4/c1-21(2)15-9-3-12(4-10-15)11-16(17(19)20)13-5-7-14(18)8-6-13/h3-10,16H,11,18H2,1-2H3,(H3,19,20). The van der Waals surface area contributed by atoms with Crippen LogP contribution in [-0.2, 0) is 6.42 Å². The van der Waals surface area contributed by atoms with Crippen molar-refractivity contribution >= 4 is 17.2 Å². The molecule has 0 spiro atoms. The van der Waals surface area contributed by atoms with Crippen LogP contribution in [0.15, 0.2) is 48.5 Å². The summed E-state index contributed by atoms with van der Waals surface area (Å²) in [5.74, 6) is 0.0623. The zero-order chi connectivity index (χ0) is 15.4. The summed E-state index contributed by atoms with van der Waals surface area (Å²) < 4.78 is 0. The molecule has 0 aliphatic rings. The van der Waals surface area contributed by atoms with Crippen molar-refractivity contribution in [2.45, 2.75) is 12.3 Å². The number of amidine groups is 1. The zero-order valence-electron chi connectivity index (χ0n) is 12.5. The lowest BCUT2D eigenvalue weighted by Gasteiger charge is -2.17. The Bertz CT molecular complexity index is 600. The Morgan fingerprint density at radius 1 is 1.05 bits per heavy atom. The number of nitrogens with zero attached hydrogens (tertiary/aromatic N) is 1. The third-order valence-electron chi connectivity index (χ3n) is 3.61. The third-order valence-corrected chi connectivity index (χ3v) is 3.61. The third kappa shape index (κ3) is 3.75. The van der Waals surface area contributed by atoms with E-state index in [0.717, 1.165) is 22.5 Å². The van der Waals surface area contributed by atoms with E-state index in [9.17, 15) is 0 Å². The topological polar surface area (TPSA) is 79.1 Å². The van der Waals surface area contributed by atoms with Gasteiger partial charge in [-0.1, -0.05) is 24.3 Å². The van der Waals surface area contributed by atoms with Gasteiger partial charge < -0.3 is 16.4 Å². The Labute approximate surface area is 125 Å². The number of hydrogen-bond acceptors (Lipinski definition) is 3. The predicted molar refractivity (Wildman–Crippen MR) is 90.0 cm³/mol. The first-order valence-electron chi connectivity index (χ1n) is 6.93. The van der Waals surface area contributed by atoms with E-state index < -0.39 is 0 Å². The lowest BCUT2D eigenvalue weighted by molar-refractivity contribution is 0.861. The van der Waals surface area contributed by atoms with Gasteiger partial charge in [-0.15, -0.1) is 0 Å². The van der Waals surface area contributed by atoms with E-state index >= 15 is 0 Å². The molecule has 0 amide bonds. The van der Waals surface area contributed by atoms with Gasteiger partial charge in [0.05, 0.1) is 5.84 Å². The maximum atomic E-state index is 7.84. The van der Waals surface area contributed by atoms with E-state index in [1.165, 1.54) is 0 Å². The number of nitrogens with one attached hydrogen (secondary N) is 1. The molecule has 4 nitrogen and oxygen atoms in total. The zero-order valence-corrected chi connectivity index (χ0v) is 12.5. The Balaban J connectivity index is 2.20. The summed E-state index contributed by atoms with van der Waals surface area (Å²) in [4.78, 5) is 2.06. The second-order valence-corrected chi connectivity index (χ2v) is 5.44. The molecule has 2 aromatic carbocycles. The fourth-order valence-corrected chi connectivity index (χ4v) is 2.30. The van der Waals surface area contributed by atoms with Gasteiger partial charge in [-0.25, -0.2) is 0 Å². The molecule has 0 bridgehead atoms. The number of rotatable bonds is 5. The number of benzene rings is 2. The van der Waals surface area contributed by atoms with E-state index in [1.54, 1.807) is 0 Å². The van der Waals surface area contributed by atoms with Gasteiger partial charge in [0.15, 0.2) is 0 Å². The van der Waals surface area contributed by atoms with Gasteiger partial charge in [-0.3, -0.25) is 5.41 Å². The summed E-state index contributed by atoms with van der Waals surface area (Å²) in [5, 5.41) is 7.84. The second kappa shape index (κ2) is 6.31. The average Bonchev–Trinajstić information content (AvgIpc) is 2.46. The summed E-state index contributed by atoms with van der Waals surface area (Å²) in [7, 11) is 4.03. The minimum atomic E-state index is -0.115. The highest BCUT2D eigenvalue weighted by atomic mass is 15.1. The summed E-state index contributed by atoms with van der Waals surface area (Å²) in [6.07, 6.45) is 0.715. The maximum Gasteiger partial charge on any atom is 0.0985 e. The van der Waals surface area contributed by atoms with E-state index in [-0.39, 0.29) is 11.8 Å². The molecule has 4 heteroatoms. The molecule has 21 heavy (non-hydrogen) atoms. The van der Waals surface area contributed by atoms with Crippen LogP contribution in [0.2, 0.25) is 0 Å². The number of hydrogen-bond donors (Lipinski definition) is 3. The van der Waals surface area contributed by atoms with Gasteiger partial charge in [0.25, 0.3) is 0 Å². The Morgan fingerprint density at radius 2 is 1.62 bits per heavy atom. The fraction of sp³-hybridized carbons (Fsp3) is 0.235. The van der Waals surface area contributed by atoms with Crippen molar-refractivity contribution in [3.05, 3.63) is 59.7 Å². The Hall–Kier alpha value is -2.49. The summed E-state index contributed by atoms with van der Waals surface area (Å²) in [5.41, 5.74) is 15.6. The maximum absolute atomic E-state index is 7.84. The molecule has 1 unspecified atom stereocenters. The first-order chi connectivity index (χ1) is 9.97. The molecule has 0 fully saturated rings. The van der Waals surface area contributed by atoms with Gasteiger partial charge in [-0.05, 0) is 41.8 Å². The molecule has 0 aromatic heterocycles. The lowest BCUT2D eigenvalue weighted by atomic mass is 9.91. The molecule has 2 aromatic rings. The highest BCUT2D eigenvalue weighted by Gasteiger charge is 2.15. The van der Waals surface area contributed by atoms with Crippen LogP contribution in [0.1, 0.15) is 17.0 Å². The smallest absolute Gasteiger partial charge is 0.0985 e. The fourth-order valence-electron chi connectivity index (χ4n) is 2.30. The Morgan fingerprint density at radius 3 is 2.10 bits per heavy atom. The van der Waals surface area contributed by atoms with Crippen molar-refractivity contribution in [1.82, 2.24) is 0 Å². The van der Waals surface area contributed by atoms with Crippen LogP contribution in [0.4, 0.5) is 11.4 Å². The molecule has 0 saturated carbocycles. The second-order valence-electron chi connectivity index (χ2n) is 5.44. The van der Waals surface area contributed by atoms with Gasteiger partial charge in [-0.2, -0.15) is 0 Å². The SMILES string of the molecule is CN(C)c1ccc(CC(C(=N)N)c2ccc(N)cc2)cc1. The van der Waals surface area contributed by atoms with Crippen molar-refractivity contribution in [3.8, 4) is 0 Å². The molecular weight excluding hydrogens is 260 g/mol. The molecule has 0 saturated heterocycles. The quantitative estimate of drug-likeness (QED) is 0.448. The molecule has 2 rings (SSSR count). The van der Waals surface area contributed by atoms with Crippen LogP contribution in [0.25, 0.3) is 0 Å². The van der Waals surface area contributed by atoms with Gasteiger partial charge >= 0.3 is 0 Å². The monoisotopic (exact) mass is 282 g/mol. The molecule has 0 radical (unpaired) electrons. The summed E-state index contributed by atoms with van der Waals surface area (Å²) in [6.45, 7) is 0. The highest BCUT2D eigenvalue weighted by molar-refractivity contribution is 5.85. The molecule has 0 heterocycles. The molecule has 5 N–H and O–H groups in total. The molecule has 1 atom stereocenters.